The van der Waals surface area contributed by atoms with Gasteiger partial charge in [-0.1, -0.05) is 12.1 Å². The fraction of sp³-hybridized carbons (Fsp3) is 0.385. The summed E-state index contributed by atoms with van der Waals surface area (Å²) in [5.41, 5.74) is 0.609. The van der Waals surface area contributed by atoms with Crippen LogP contribution in [-0.2, 0) is 16.0 Å². The number of rotatable bonds is 5. The minimum Gasteiger partial charge on any atom is -0.481 e. The van der Waals surface area contributed by atoms with Gasteiger partial charge in [0.2, 0.25) is 5.91 Å². The van der Waals surface area contributed by atoms with Crippen molar-refractivity contribution in [1.82, 2.24) is 5.32 Å². The van der Waals surface area contributed by atoms with E-state index >= 15 is 0 Å². The maximum absolute atomic E-state index is 12.9. The Balaban J connectivity index is 1.75. The first kappa shape index (κ1) is 12.5. The topological polar surface area (TPSA) is 66.4 Å². The molecule has 0 heterocycles. The van der Waals surface area contributed by atoms with Crippen LogP contribution in [-0.4, -0.2) is 23.5 Å². The third-order valence-electron chi connectivity index (χ3n) is 3.05. The summed E-state index contributed by atoms with van der Waals surface area (Å²) >= 11 is 0. The van der Waals surface area contributed by atoms with E-state index in [1.165, 1.54) is 12.1 Å². The minimum atomic E-state index is -0.806. The average molecular weight is 251 g/mol. The average Bonchev–Trinajstić information content (AvgIpc) is 3.06. The number of carboxylic acid groups (broad SMARTS) is 1. The zero-order valence-electron chi connectivity index (χ0n) is 9.73. The van der Waals surface area contributed by atoms with Crippen LogP contribution in [0.5, 0.6) is 0 Å². The molecule has 1 saturated carbocycles. The summed E-state index contributed by atoms with van der Waals surface area (Å²) in [7, 11) is 0. The standard InChI is InChI=1S/C13H14FNO3/c14-10-3-1-2-8(4-10)5-12(16)15-7-9-6-11(9)13(17)18/h1-4,9,11H,5-7H2,(H,15,16)(H,17,18)/t9-,11-/m1/s1. The van der Waals surface area contributed by atoms with E-state index in [1.54, 1.807) is 12.1 Å². The highest BCUT2D eigenvalue weighted by molar-refractivity contribution is 5.79. The lowest BCUT2D eigenvalue weighted by molar-refractivity contribution is -0.139. The molecule has 0 aliphatic heterocycles. The zero-order valence-corrected chi connectivity index (χ0v) is 9.73. The van der Waals surface area contributed by atoms with Gasteiger partial charge in [0.15, 0.2) is 0 Å². The first-order valence-electron chi connectivity index (χ1n) is 5.80. The molecule has 96 valence electrons. The highest BCUT2D eigenvalue weighted by Gasteiger charge is 2.42. The molecular formula is C13H14FNO3. The third kappa shape index (κ3) is 3.29. The largest absolute Gasteiger partial charge is 0.481 e. The normalized spacial score (nSPS) is 21.4. The number of aliphatic carboxylic acids is 1. The molecule has 0 spiro atoms. The molecule has 1 aliphatic rings. The van der Waals surface area contributed by atoms with Crippen molar-refractivity contribution in [2.45, 2.75) is 12.8 Å². The van der Waals surface area contributed by atoms with Crippen LogP contribution in [0.1, 0.15) is 12.0 Å². The molecule has 0 aromatic heterocycles. The van der Waals surface area contributed by atoms with Gasteiger partial charge in [-0.05, 0) is 30.0 Å². The Morgan fingerprint density at radius 1 is 1.44 bits per heavy atom. The molecule has 0 unspecified atom stereocenters. The smallest absolute Gasteiger partial charge is 0.306 e. The third-order valence-corrected chi connectivity index (χ3v) is 3.05. The molecule has 0 saturated heterocycles. The monoisotopic (exact) mass is 251 g/mol. The van der Waals surface area contributed by atoms with Gasteiger partial charge >= 0.3 is 5.97 Å². The molecule has 1 amide bonds. The van der Waals surface area contributed by atoms with E-state index in [-0.39, 0.29) is 30.0 Å². The van der Waals surface area contributed by atoms with Gasteiger partial charge < -0.3 is 10.4 Å². The van der Waals surface area contributed by atoms with E-state index in [4.69, 9.17) is 5.11 Å². The summed E-state index contributed by atoms with van der Waals surface area (Å²) in [6, 6.07) is 5.87. The lowest BCUT2D eigenvalue weighted by Crippen LogP contribution is -2.28. The summed E-state index contributed by atoms with van der Waals surface area (Å²) < 4.78 is 12.9. The fourth-order valence-electron chi connectivity index (χ4n) is 1.92. The Hall–Kier alpha value is -1.91. The quantitative estimate of drug-likeness (QED) is 0.826. The van der Waals surface area contributed by atoms with Crippen LogP contribution in [0.25, 0.3) is 0 Å². The molecular weight excluding hydrogens is 237 g/mol. The van der Waals surface area contributed by atoms with Gasteiger partial charge in [0.1, 0.15) is 5.82 Å². The Labute approximate surface area is 104 Å². The second kappa shape index (κ2) is 5.16. The predicted molar refractivity (Wildman–Crippen MR) is 62.3 cm³/mol. The number of carbonyl (C=O) groups is 2. The van der Waals surface area contributed by atoms with Gasteiger partial charge in [-0.2, -0.15) is 0 Å². The molecule has 1 aromatic carbocycles. The van der Waals surface area contributed by atoms with E-state index < -0.39 is 5.97 Å². The first-order valence-corrected chi connectivity index (χ1v) is 5.80. The van der Waals surface area contributed by atoms with Gasteiger partial charge in [0, 0.05) is 6.54 Å². The molecule has 1 fully saturated rings. The SMILES string of the molecule is O=C(Cc1cccc(F)c1)NC[C@H]1C[C@H]1C(=O)O. The van der Waals surface area contributed by atoms with Gasteiger partial charge in [0.25, 0.3) is 0 Å². The van der Waals surface area contributed by atoms with Crippen LogP contribution in [0.15, 0.2) is 24.3 Å². The number of carboxylic acids is 1. The molecule has 0 radical (unpaired) electrons. The van der Waals surface area contributed by atoms with Gasteiger partial charge in [-0.25, -0.2) is 4.39 Å². The number of halogens is 1. The zero-order chi connectivity index (χ0) is 13.1. The summed E-state index contributed by atoms with van der Waals surface area (Å²) in [5, 5.41) is 11.4. The van der Waals surface area contributed by atoms with E-state index in [0.717, 1.165) is 0 Å². The van der Waals surface area contributed by atoms with Gasteiger partial charge in [-0.3, -0.25) is 9.59 Å². The Morgan fingerprint density at radius 2 is 2.22 bits per heavy atom. The lowest BCUT2D eigenvalue weighted by Gasteiger charge is -2.04. The van der Waals surface area contributed by atoms with E-state index in [2.05, 4.69) is 5.32 Å². The van der Waals surface area contributed by atoms with Crippen molar-refractivity contribution in [3.63, 3.8) is 0 Å². The second-order valence-electron chi connectivity index (χ2n) is 4.55. The van der Waals surface area contributed by atoms with Crippen molar-refractivity contribution in [3.8, 4) is 0 Å². The van der Waals surface area contributed by atoms with Crippen LogP contribution < -0.4 is 5.32 Å². The minimum absolute atomic E-state index is 0.0407. The lowest BCUT2D eigenvalue weighted by atomic mass is 10.1. The number of hydrogen-bond acceptors (Lipinski definition) is 2. The maximum Gasteiger partial charge on any atom is 0.306 e. The van der Waals surface area contributed by atoms with Crippen molar-refractivity contribution < 1.29 is 19.1 Å². The van der Waals surface area contributed by atoms with Crippen molar-refractivity contribution in [3.05, 3.63) is 35.6 Å². The molecule has 0 bridgehead atoms. The molecule has 5 heteroatoms. The molecule has 18 heavy (non-hydrogen) atoms. The van der Waals surface area contributed by atoms with Crippen molar-refractivity contribution in [2.75, 3.05) is 6.54 Å². The first-order chi connectivity index (χ1) is 8.56. The van der Waals surface area contributed by atoms with Crippen molar-refractivity contribution in [1.29, 1.82) is 0 Å². The van der Waals surface area contributed by atoms with Crippen molar-refractivity contribution >= 4 is 11.9 Å². The number of carbonyl (C=O) groups excluding carboxylic acids is 1. The van der Waals surface area contributed by atoms with Crippen molar-refractivity contribution in [2.24, 2.45) is 11.8 Å². The fourth-order valence-corrected chi connectivity index (χ4v) is 1.92. The van der Waals surface area contributed by atoms with Crippen LogP contribution in [0.2, 0.25) is 0 Å². The Kier molecular flexibility index (Phi) is 3.60. The Bertz CT molecular complexity index is 475. The number of benzene rings is 1. The summed E-state index contributed by atoms with van der Waals surface area (Å²) in [4.78, 5) is 22.1. The summed E-state index contributed by atoms with van der Waals surface area (Å²) in [6.07, 6.45) is 0.734. The maximum atomic E-state index is 12.9. The van der Waals surface area contributed by atoms with Crippen LogP contribution in [0, 0.1) is 17.7 Å². The van der Waals surface area contributed by atoms with E-state index in [9.17, 15) is 14.0 Å². The molecule has 2 N–H and O–H groups in total. The van der Waals surface area contributed by atoms with Crippen LogP contribution in [0.4, 0.5) is 4.39 Å². The second-order valence-corrected chi connectivity index (χ2v) is 4.55. The van der Waals surface area contributed by atoms with Gasteiger partial charge in [-0.15, -0.1) is 0 Å². The molecule has 1 aliphatic carbocycles. The summed E-state index contributed by atoms with van der Waals surface area (Å²) in [5.74, 6) is -1.66. The van der Waals surface area contributed by atoms with E-state index in [1.807, 2.05) is 0 Å². The molecule has 2 atom stereocenters. The number of hydrogen-bond donors (Lipinski definition) is 2. The molecule has 2 rings (SSSR count). The van der Waals surface area contributed by atoms with Crippen LogP contribution in [0.3, 0.4) is 0 Å². The van der Waals surface area contributed by atoms with E-state index in [0.29, 0.717) is 18.5 Å². The number of amides is 1. The highest BCUT2D eigenvalue weighted by atomic mass is 19.1. The summed E-state index contributed by atoms with van der Waals surface area (Å²) in [6.45, 7) is 0.380. The van der Waals surface area contributed by atoms with Gasteiger partial charge in [0.05, 0.1) is 12.3 Å². The molecule has 4 nitrogen and oxygen atoms in total. The Morgan fingerprint density at radius 3 is 2.83 bits per heavy atom. The van der Waals surface area contributed by atoms with Crippen LogP contribution >= 0.6 is 0 Å². The highest BCUT2D eigenvalue weighted by Crippen LogP contribution is 2.37. The molecule has 1 aromatic rings. The number of nitrogens with one attached hydrogen (secondary N) is 1. The predicted octanol–water partition coefficient (Wildman–Crippen LogP) is 1.21.